The minimum absolute atomic E-state index is 0.171. The number of benzene rings is 1. The van der Waals surface area contributed by atoms with Gasteiger partial charge in [-0.1, -0.05) is 35.0 Å². The highest BCUT2D eigenvalue weighted by molar-refractivity contribution is 6.35. The first-order chi connectivity index (χ1) is 16.5. The van der Waals surface area contributed by atoms with Gasteiger partial charge in [-0.15, -0.1) is 0 Å². The number of rotatable bonds is 4. The lowest BCUT2D eigenvalue weighted by molar-refractivity contribution is -0.141. The minimum atomic E-state index is -0.680. The molecule has 2 atom stereocenters. The normalized spacial score (nSPS) is 17.8. The summed E-state index contributed by atoms with van der Waals surface area (Å²) >= 11 is 13.4. The molecule has 9 heteroatoms. The van der Waals surface area contributed by atoms with Gasteiger partial charge >= 0.3 is 0 Å². The van der Waals surface area contributed by atoms with Crippen LogP contribution in [0.1, 0.15) is 37.6 Å². The Morgan fingerprint density at radius 2 is 2.03 bits per heavy atom. The quantitative estimate of drug-likeness (QED) is 0.513. The largest absolute Gasteiger partial charge is 0.474 e. The lowest BCUT2D eigenvalue weighted by atomic mass is 10.1. The highest BCUT2D eigenvalue weighted by atomic mass is 35.5. The van der Waals surface area contributed by atoms with Gasteiger partial charge < -0.3 is 24.5 Å². The zero-order chi connectivity index (χ0) is 25.5. The summed E-state index contributed by atoms with van der Waals surface area (Å²) in [6.45, 7) is 9.79. The van der Waals surface area contributed by atoms with E-state index in [-0.39, 0.29) is 35.4 Å². The van der Waals surface area contributed by atoms with Gasteiger partial charge in [0.2, 0.25) is 5.88 Å². The SMILES string of the molecule is Cc1cc(C#CC(C)N)cc(Cl)c1-n1c(C)cc(=O)c2c(OCC3COC(C)(C)O3)ncc(Cl)c21. The highest BCUT2D eigenvalue weighted by Crippen LogP contribution is 2.35. The van der Waals surface area contributed by atoms with Crippen molar-refractivity contribution in [3.05, 3.63) is 61.5 Å². The Bertz CT molecular complexity index is 1400. The molecule has 3 aromatic rings. The Morgan fingerprint density at radius 3 is 2.66 bits per heavy atom. The molecule has 0 bridgehead atoms. The van der Waals surface area contributed by atoms with Gasteiger partial charge in [-0.25, -0.2) is 4.98 Å². The average Bonchev–Trinajstić information content (AvgIpc) is 3.11. The number of hydrogen-bond acceptors (Lipinski definition) is 6. The van der Waals surface area contributed by atoms with Crippen molar-refractivity contribution in [1.82, 2.24) is 9.55 Å². The third-order valence-corrected chi connectivity index (χ3v) is 6.09. The van der Waals surface area contributed by atoms with Crippen molar-refractivity contribution in [2.24, 2.45) is 5.73 Å². The van der Waals surface area contributed by atoms with Gasteiger partial charge in [0.05, 0.1) is 40.1 Å². The summed E-state index contributed by atoms with van der Waals surface area (Å²) in [6, 6.07) is 4.96. The number of nitrogens with zero attached hydrogens (tertiary/aromatic N) is 2. The second-order valence-corrected chi connectivity index (χ2v) is 9.88. The predicted molar refractivity (Wildman–Crippen MR) is 138 cm³/mol. The lowest BCUT2D eigenvalue weighted by Gasteiger charge is -2.21. The lowest BCUT2D eigenvalue weighted by Crippen LogP contribution is -2.25. The van der Waals surface area contributed by atoms with Crippen LogP contribution in [0.15, 0.2) is 29.2 Å². The summed E-state index contributed by atoms with van der Waals surface area (Å²) in [4.78, 5) is 17.4. The van der Waals surface area contributed by atoms with Gasteiger partial charge in [0.25, 0.3) is 0 Å². The molecule has 0 radical (unpaired) electrons. The van der Waals surface area contributed by atoms with Crippen LogP contribution in [0.2, 0.25) is 10.0 Å². The molecular weight excluding hydrogens is 489 g/mol. The maximum Gasteiger partial charge on any atom is 0.227 e. The number of halogens is 2. The van der Waals surface area contributed by atoms with Crippen molar-refractivity contribution < 1.29 is 14.2 Å². The molecule has 4 rings (SSSR count). The molecule has 1 saturated heterocycles. The number of aromatic nitrogens is 2. The minimum Gasteiger partial charge on any atom is -0.474 e. The van der Waals surface area contributed by atoms with Crippen molar-refractivity contribution in [3.8, 4) is 23.4 Å². The maximum absolute atomic E-state index is 13.1. The van der Waals surface area contributed by atoms with Gasteiger partial charge in [-0.2, -0.15) is 0 Å². The summed E-state index contributed by atoms with van der Waals surface area (Å²) in [5.41, 5.74) is 8.92. The smallest absolute Gasteiger partial charge is 0.227 e. The molecule has 1 aliphatic heterocycles. The number of nitrogens with two attached hydrogens (primary N) is 1. The van der Waals surface area contributed by atoms with Crippen LogP contribution in [-0.2, 0) is 9.47 Å². The molecular formula is C26H27Cl2N3O4. The van der Waals surface area contributed by atoms with Gasteiger partial charge in [0.1, 0.15) is 18.1 Å². The standard InChI is InChI=1S/C26H27Cl2N3O4/c1-14-8-17(7-6-15(2)29)10-19(27)23(14)31-16(3)9-21(32)22-24(31)20(28)11-30-25(22)33-12-18-13-34-26(4,5)35-18/h8-11,15,18H,12-13,29H2,1-5H3. The molecule has 1 aliphatic rings. The van der Waals surface area contributed by atoms with Crippen LogP contribution >= 0.6 is 23.2 Å². The predicted octanol–water partition coefficient (Wildman–Crippen LogP) is 4.54. The van der Waals surface area contributed by atoms with E-state index in [0.717, 1.165) is 11.1 Å². The van der Waals surface area contributed by atoms with E-state index in [1.165, 1.54) is 12.3 Å². The Labute approximate surface area is 214 Å². The van der Waals surface area contributed by atoms with Crippen LogP contribution in [0, 0.1) is 25.7 Å². The zero-order valence-corrected chi connectivity index (χ0v) is 21.8. The Morgan fingerprint density at radius 1 is 1.29 bits per heavy atom. The van der Waals surface area contributed by atoms with E-state index in [9.17, 15) is 4.79 Å². The first-order valence-electron chi connectivity index (χ1n) is 11.2. The molecule has 2 unspecified atom stereocenters. The van der Waals surface area contributed by atoms with Crippen molar-refractivity contribution in [3.63, 3.8) is 0 Å². The van der Waals surface area contributed by atoms with Crippen molar-refractivity contribution in [2.45, 2.75) is 52.6 Å². The summed E-state index contributed by atoms with van der Waals surface area (Å²) in [7, 11) is 0. The number of hydrogen-bond donors (Lipinski definition) is 1. The molecule has 0 amide bonds. The zero-order valence-electron chi connectivity index (χ0n) is 20.2. The molecule has 2 aromatic heterocycles. The summed E-state index contributed by atoms with van der Waals surface area (Å²) in [6.07, 6.45) is 1.18. The molecule has 3 heterocycles. The Hall–Kier alpha value is -2.60. The molecule has 35 heavy (non-hydrogen) atoms. The summed E-state index contributed by atoms with van der Waals surface area (Å²) in [5.74, 6) is 5.47. The van der Waals surface area contributed by atoms with E-state index in [1.54, 1.807) is 6.07 Å². The van der Waals surface area contributed by atoms with Gasteiger partial charge in [0.15, 0.2) is 11.2 Å². The van der Waals surface area contributed by atoms with Crippen LogP contribution in [0.4, 0.5) is 0 Å². The van der Waals surface area contributed by atoms with Crippen LogP contribution in [0.5, 0.6) is 5.88 Å². The second kappa shape index (κ2) is 9.81. The van der Waals surface area contributed by atoms with Gasteiger partial charge in [-0.05, 0) is 52.3 Å². The molecule has 0 spiro atoms. The van der Waals surface area contributed by atoms with E-state index in [4.69, 9.17) is 43.1 Å². The molecule has 1 aromatic carbocycles. The van der Waals surface area contributed by atoms with Crippen LogP contribution in [0.25, 0.3) is 16.6 Å². The molecule has 1 fully saturated rings. The first kappa shape index (κ1) is 25.5. The van der Waals surface area contributed by atoms with Crippen LogP contribution < -0.4 is 15.9 Å². The van der Waals surface area contributed by atoms with Crippen LogP contribution in [0.3, 0.4) is 0 Å². The van der Waals surface area contributed by atoms with Gasteiger partial charge in [-0.3, -0.25) is 4.79 Å². The molecule has 184 valence electrons. The summed E-state index contributed by atoms with van der Waals surface area (Å²) in [5, 5.41) is 1.02. The fourth-order valence-electron chi connectivity index (χ4n) is 4.11. The van der Waals surface area contributed by atoms with Crippen LogP contribution in [-0.4, -0.2) is 40.7 Å². The fraction of sp³-hybridized carbons (Fsp3) is 0.385. The molecule has 7 nitrogen and oxygen atoms in total. The highest BCUT2D eigenvalue weighted by Gasteiger charge is 2.33. The van der Waals surface area contributed by atoms with E-state index in [2.05, 4.69) is 16.8 Å². The third-order valence-electron chi connectivity index (χ3n) is 5.53. The molecule has 0 saturated carbocycles. The molecule has 0 aliphatic carbocycles. The Kier molecular flexibility index (Phi) is 7.14. The van der Waals surface area contributed by atoms with E-state index < -0.39 is 5.79 Å². The average molecular weight is 516 g/mol. The molecule has 2 N–H and O–H groups in total. The number of aryl methyl sites for hydroxylation is 2. The number of fused-ring (bicyclic) bond motifs is 1. The van der Waals surface area contributed by atoms with E-state index in [0.29, 0.717) is 33.6 Å². The fourth-order valence-corrected chi connectivity index (χ4v) is 4.69. The third kappa shape index (κ3) is 5.32. The van der Waals surface area contributed by atoms with Gasteiger partial charge in [0, 0.05) is 17.3 Å². The first-order valence-corrected chi connectivity index (χ1v) is 12.0. The van der Waals surface area contributed by atoms with Crippen molar-refractivity contribution in [2.75, 3.05) is 13.2 Å². The monoisotopic (exact) mass is 515 g/mol. The second-order valence-electron chi connectivity index (χ2n) is 9.06. The van der Waals surface area contributed by atoms with Crippen molar-refractivity contribution in [1.29, 1.82) is 0 Å². The van der Waals surface area contributed by atoms with E-state index >= 15 is 0 Å². The summed E-state index contributed by atoms with van der Waals surface area (Å²) < 4.78 is 19.2. The van der Waals surface area contributed by atoms with E-state index in [1.807, 2.05) is 45.3 Å². The Balaban J connectivity index is 1.84. The number of pyridine rings is 2. The van der Waals surface area contributed by atoms with Crippen molar-refractivity contribution >= 4 is 34.1 Å². The maximum atomic E-state index is 13.1. The topological polar surface area (TPSA) is 88.6 Å². The number of ether oxygens (including phenoxy) is 3.